The molecule has 5 rings (SSSR count). The maximum absolute atomic E-state index is 10.3. The number of benzene rings is 2. The highest BCUT2D eigenvalue weighted by atomic mass is 31.1. The van der Waals surface area contributed by atoms with Gasteiger partial charge in [0.2, 0.25) is 6.41 Å². The van der Waals surface area contributed by atoms with Crippen molar-refractivity contribution in [3.63, 3.8) is 0 Å². The molecule has 39 heavy (non-hydrogen) atoms. The largest absolute Gasteiger partial charge is 0.507 e. The summed E-state index contributed by atoms with van der Waals surface area (Å²) in [5.41, 5.74) is 4.32. The van der Waals surface area contributed by atoms with Crippen LogP contribution in [0.4, 0.5) is 11.5 Å². The highest BCUT2D eigenvalue weighted by Gasteiger charge is 2.19. The summed E-state index contributed by atoms with van der Waals surface area (Å²) in [7, 11) is 2.81. The van der Waals surface area contributed by atoms with E-state index in [1.165, 1.54) is 19.4 Å². The van der Waals surface area contributed by atoms with E-state index in [4.69, 9.17) is 4.98 Å². The number of piperidine rings is 1. The van der Waals surface area contributed by atoms with Crippen LogP contribution in [0.2, 0.25) is 0 Å². The van der Waals surface area contributed by atoms with Crippen LogP contribution in [0, 0.1) is 12.8 Å². The van der Waals surface area contributed by atoms with Gasteiger partial charge < -0.3 is 20.6 Å². The van der Waals surface area contributed by atoms with Crippen molar-refractivity contribution in [2.24, 2.45) is 5.92 Å². The molecule has 0 saturated carbocycles. The SMILES string of the molecule is CC.CPc1cnn2c(NCC3CCCN(C)C3)cc(-c3ccccc3O)nc12.Cc1ccccc1NC=O. The van der Waals surface area contributed by atoms with E-state index in [0.29, 0.717) is 20.9 Å². The van der Waals surface area contributed by atoms with Gasteiger partial charge in [0.25, 0.3) is 0 Å². The number of anilines is 2. The molecule has 1 amide bonds. The third kappa shape index (κ3) is 8.01. The van der Waals surface area contributed by atoms with Gasteiger partial charge in [-0.1, -0.05) is 52.8 Å². The van der Waals surface area contributed by atoms with Gasteiger partial charge in [0.05, 0.1) is 11.9 Å². The summed E-state index contributed by atoms with van der Waals surface area (Å²) in [6, 6.07) is 17.0. The molecule has 2 aromatic carbocycles. The summed E-state index contributed by atoms with van der Waals surface area (Å²) in [4.78, 5) is 17.2. The highest BCUT2D eigenvalue weighted by molar-refractivity contribution is 7.46. The predicted octanol–water partition coefficient (Wildman–Crippen LogP) is 5.38. The molecule has 0 bridgehead atoms. The van der Waals surface area contributed by atoms with Crippen LogP contribution in [0.1, 0.15) is 32.3 Å². The summed E-state index contributed by atoms with van der Waals surface area (Å²) in [6.07, 6.45) is 5.08. The Balaban J connectivity index is 0.000000294. The van der Waals surface area contributed by atoms with Crippen molar-refractivity contribution in [3.05, 3.63) is 66.4 Å². The fourth-order valence-electron chi connectivity index (χ4n) is 4.58. The van der Waals surface area contributed by atoms with Crippen LogP contribution in [0.15, 0.2) is 60.8 Å². The van der Waals surface area contributed by atoms with Crippen molar-refractivity contribution in [2.75, 3.05) is 44.0 Å². The number of nitrogens with zero attached hydrogens (tertiary/aromatic N) is 4. The molecule has 0 radical (unpaired) electrons. The van der Waals surface area contributed by atoms with Crippen molar-refractivity contribution in [1.82, 2.24) is 19.5 Å². The van der Waals surface area contributed by atoms with Gasteiger partial charge in [-0.3, -0.25) is 4.79 Å². The van der Waals surface area contributed by atoms with E-state index < -0.39 is 0 Å². The molecule has 2 aromatic heterocycles. The fraction of sp³-hybridized carbons (Fsp3) is 0.367. The number of aromatic nitrogens is 3. The molecule has 2 unspecified atom stereocenters. The van der Waals surface area contributed by atoms with Crippen LogP contribution >= 0.6 is 8.58 Å². The van der Waals surface area contributed by atoms with Crippen molar-refractivity contribution < 1.29 is 9.90 Å². The van der Waals surface area contributed by atoms with E-state index in [1.54, 1.807) is 6.07 Å². The number of aromatic hydroxyl groups is 1. The van der Waals surface area contributed by atoms with Crippen molar-refractivity contribution in [2.45, 2.75) is 33.6 Å². The van der Waals surface area contributed by atoms with Crippen molar-refractivity contribution >= 4 is 37.4 Å². The van der Waals surface area contributed by atoms with Crippen molar-refractivity contribution in [3.8, 4) is 17.0 Å². The van der Waals surface area contributed by atoms with E-state index in [2.05, 4.69) is 34.3 Å². The van der Waals surface area contributed by atoms with Crippen LogP contribution < -0.4 is 15.9 Å². The molecular formula is C30H41N6O2P. The van der Waals surface area contributed by atoms with Gasteiger partial charge >= 0.3 is 0 Å². The Morgan fingerprint density at radius 1 is 1.15 bits per heavy atom. The molecule has 3 N–H and O–H groups in total. The van der Waals surface area contributed by atoms with E-state index in [-0.39, 0.29) is 5.75 Å². The highest BCUT2D eigenvalue weighted by Crippen LogP contribution is 2.30. The van der Waals surface area contributed by atoms with E-state index in [1.807, 2.05) is 80.0 Å². The number of carbonyl (C=O) groups excluding carboxylic acids is 1. The summed E-state index contributed by atoms with van der Waals surface area (Å²) >= 11 is 0. The molecule has 9 heteroatoms. The Morgan fingerprint density at radius 2 is 1.90 bits per heavy atom. The normalized spacial score (nSPS) is 15.3. The lowest BCUT2D eigenvalue weighted by atomic mass is 9.98. The maximum Gasteiger partial charge on any atom is 0.211 e. The Morgan fingerprint density at radius 3 is 2.59 bits per heavy atom. The first-order chi connectivity index (χ1) is 19.0. The second kappa shape index (κ2) is 15.2. The smallest absolute Gasteiger partial charge is 0.211 e. The standard InChI is InChI=1S/C20H26N5OP.C8H9NO.C2H6/c1-24-9-5-6-14(13-24)11-21-19-10-16(15-7-3-4-8-17(15)26)23-20-18(27-2)12-22-25(19)20;1-7-4-2-3-5-8(7)9-6-10;1-2/h3-4,7-8,10,12,14,21,26-27H,5-6,9,11,13H2,1-2H3;2-6H,1H3,(H,9,10);1-2H3. The molecule has 3 heterocycles. The molecule has 208 valence electrons. The number of carbonyl (C=O) groups is 1. The van der Waals surface area contributed by atoms with E-state index >= 15 is 0 Å². The number of phenolic OH excluding ortho intramolecular Hbond substituents is 1. The minimum atomic E-state index is 0.245. The number of aryl methyl sites for hydroxylation is 1. The summed E-state index contributed by atoms with van der Waals surface area (Å²) in [5, 5.41) is 22.2. The molecule has 2 atom stereocenters. The van der Waals surface area contributed by atoms with E-state index in [0.717, 1.165) is 52.4 Å². The third-order valence-corrected chi connectivity index (χ3v) is 7.47. The van der Waals surface area contributed by atoms with Gasteiger partial charge in [-0.15, -0.1) is 0 Å². The number of rotatable bonds is 7. The number of phenols is 1. The maximum atomic E-state index is 10.3. The third-order valence-electron chi connectivity index (χ3n) is 6.57. The zero-order chi connectivity index (χ0) is 28.2. The zero-order valence-corrected chi connectivity index (χ0v) is 24.6. The lowest BCUT2D eigenvalue weighted by Crippen LogP contribution is -2.35. The van der Waals surface area contributed by atoms with Crippen LogP contribution in [-0.2, 0) is 4.79 Å². The average Bonchev–Trinajstić information content (AvgIpc) is 3.38. The first-order valence-electron chi connectivity index (χ1n) is 13.5. The number of fused-ring (bicyclic) bond motifs is 1. The van der Waals surface area contributed by atoms with E-state index in [9.17, 15) is 9.90 Å². The number of nitrogens with one attached hydrogen (secondary N) is 2. The topological polar surface area (TPSA) is 94.8 Å². The minimum absolute atomic E-state index is 0.245. The molecule has 1 aliphatic heterocycles. The quantitative estimate of drug-likeness (QED) is 0.212. The van der Waals surface area contributed by atoms with Gasteiger partial charge in [-0.25, -0.2) is 4.98 Å². The monoisotopic (exact) mass is 548 g/mol. The Hall–Kier alpha value is -3.48. The minimum Gasteiger partial charge on any atom is -0.507 e. The Labute approximate surface area is 233 Å². The number of amides is 1. The molecule has 8 nitrogen and oxygen atoms in total. The van der Waals surface area contributed by atoms with Crippen LogP contribution in [-0.4, -0.2) is 64.4 Å². The summed E-state index contributed by atoms with van der Waals surface area (Å²) in [5.74, 6) is 1.80. The number of hydrogen-bond donors (Lipinski definition) is 3. The summed E-state index contributed by atoms with van der Waals surface area (Å²) < 4.78 is 1.89. The van der Waals surface area contributed by atoms with Crippen molar-refractivity contribution in [1.29, 1.82) is 0 Å². The lowest BCUT2D eigenvalue weighted by Gasteiger charge is -2.30. The summed E-state index contributed by atoms with van der Waals surface area (Å²) in [6.45, 7) is 11.3. The Bertz CT molecular complexity index is 1340. The van der Waals surface area contributed by atoms with Gasteiger partial charge in [0, 0.05) is 35.7 Å². The van der Waals surface area contributed by atoms with Crippen LogP contribution in [0.3, 0.4) is 0 Å². The van der Waals surface area contributed by atoms with Crippen LogP contribution in [0.25, 0.3) is 16.9 Å². The van der Waals surface area contributed by atoms with Gasteiger partial charge in [0.1, 0.15) is 11.6 Å². The van der Waals surface area contributed by atoms with Gasteiger partial charge in [-0.2, -0.15) is 9.61 Å². The number of para-hydroxylation sites is 2. The first-order valence-corrected chi connectivity index (χ1v) is 15.0. The molecular weight excluding hydrogens is 507 g/mol. The first kappa shape index (κ1) is 30.1. The second-order valence-corrected chi connectivity index (χ2v) is 10.4. The van der Waals surface area contributed by atoms with Crippen LogP contribution in [0.5, 0.6) is 5.75 Å². The molecule has 0 spiro atoms. The lowest BCUT2D eigenvalue weighted by molar-refractivity contribution is -0.105. The number of likely N-dealkylation sites (tertiary alicyclic amines) is 1. The average molecular weight is 549 g/mol. The predicted molar refractivity (Wildman–Crippen MR) is 165 cm³/mol. The molecule has 1 fully saturated rings. The number of hydrogen-bond acceptors (Lipinski definition) is 6. The molecule has 0 aliphatic carbocycles. The second-order valence-electron chi connectivity index (χ2n) is 9.32. The molecule has 1 aliphatic rings. The van der Waals surface area contributed by atoms with Gasteiger partial charge in [0.15, 0.2) is 5.65 Å². The Kier molecular flexibility index (Phi) is 11.7. The molecule has 1 saturated heterocycles. The zero-order valence-electron chi connectivity index (χ0n) is 23.6. The fourth-order valence-corrected chi connectivity index (χ4v) is 5.15. The molecule has 4 aromatic rings. The van der Waals surface area contributed by atoms with Gasteiger partial charge in [-0.05, 0) is 69.7 Å².